The maximum atomic E-state index is 12.3. The van der Waals surface area contributed by atoms with Crippen molar-refractivity contribution >= 4 is 46.4 Å². The van der Waals surface area contributed by atoms with Gasteiger partial charge in [-0.2, -0.15) is 5.26 Å². The van der Waals surface area contributed by atoms with Crippen molar-refractivity contribution in [1.29, 1.82) is 5.26 Å². The molecule has 0 unspecified atom stereocenters. The average Bonchev–Trinajstić information content (AvgIpc) is 3.13. The number of rotatable bonds is 7. The number of carbonyl (C=O) groups is 2. The molecule has 0 saturated carbocycles. The van der Waals surface area contributed by atoms with Crippen LogP contribution in [-0.2, 0) is 20.9 Å². The summed E-state index contributed by atoms with van der Waals surface area (Å²) in [6, 6.07) is 14.3. The highest BCUT2D eigenvalue weighted by molar-refractivity contribution is 8.18. The Labute approximate surface area is 206 Å². The standard InChI is InChI=1S/C25H21ClN2O5S/c1-3-21(29)28-24-22(25(31)32-4-2)23(30)20(34-24)12-15-9-10-19(18(26)11-15)33-14-17-8-6-5-7-16(17)13-27/h5-12,30H,3-4,14H2,1-2H3/b20-12-,28-24?. The monoisotopic (exact) mass is 496 g/mol. The van der Waals surface area contributed by atoms with E-state index in [-0.39, 0.29) is 36.0 Å². The first kappa shape index (κ1) is 25.1. The van der Waals surface area contributed by atoms with Gasteiger partial charge in [-0.3, -0.25) is 4.79 Å². The number of amides is 1. The Morgan fingerprint density at radius 1 is 1.24 bits per heavy atom. The van der Waals surface area contributed by atoms with E-state index in [1.165, 1.54) is 0 Å². The van der Waals surface area contributed by atoms with E-state index in [4.69, 9.17) is 21.1 Å². The number of nitrogens with zero attached hydrogens (tertiary/aromatic N) is 2. The summed E-state index contributed by atoms with van der Waals surface area (Å²) in [6.07, 6.45) is 1.79. The Morgan fingerprint density at radius 3 is 2.68 bits per heavy atom. The van der Waals surface area contributed by atoms with Crippen LogP contribution in [0.5, 0.6) is 5.75 Å². The summed E-state index contributed by atoms with van der Waals surface area (Å²) in [5.41, 5.74) is 1.76. The summed E-state index contributed by atoms with van der Waals surface area (Å²) in [5.74, 6) is -1.05. The minimum Gasteiger partial charge on any atom is -0.506 e. The van der Waals surface area contributed by atoms with Crippen LogP contribution in [-0.4, -0.2) is 28.6 Å². The minimum absolute atomic E-state index is 0.0938. The van der Waals surface area contributed by atoms with Crippen molar-refractivity contribution in [3.63, 3.8) is 0 Å². The number of benzene rings is 2. The van der Waals surface area contributed by atoms with Crippen LogP contribution in [0.15, 0.2) is 63.7 Å². The number of hydrogen-bond acceptors (Lipinski definition) is 7. The molecule has 0 aliphatic carbocycles. The number of aliphatic imine (C=N–C) groups is 1. The maximum absolute atomic E-state index is 12.3. The largest absolute Gasteiger partial charge is 0.506 e. The van der Waals surface area contributed by atoms with Gasteiger partial charge in [0.2, 0.25) is 5.91 Å². The number of hydrogen-bond donors (Lipinski definition) is 1. The highest BCUT2D eigenvalue weighted by Crippen LogP contribution is 2.40. The van der Waals surface area contributed by atoms with E-state index in [1.54, 1.807) is 56.3 Å². The van der Waals surface area contributed by atoms with Crippen LogP contribution in [0.4, 0.5) is 0 Å². The molecule has 0 saturated heterocycles. The van der Waals surface area contributed by atoms with E-state index in [2.05, 4.69) is 11.1 Å². The smallest absolute Gasteiger partial charge is 0.344 e. The predicted molar refractivity (Wildman–Crippen MR) is 132 cm³/mol. The normalized spacial score (nSPS) is 15.5. The molecule has 3 rings (SSSR count). The number of carbonyl (C=O) groups excluding carboxylic acids is 2. The Hall–Kier alpha value is -3.54. The first-order valence-corrected chi connectivity index (χ1v) is 11.6. The van der Waals surface area contributed by atoms with Crippen molar-refractivity contribution in [3.8, 4) is 11.8 Å². The van der Waals surface area contributed by atoms with Gasteiger partial charge in [0.05, 0.1) is 28.2 Å². The Kier molecular flexibility index (Phi) is 8.52. The lowest BCUT2D eigenvalue weighted by molar-refractivity contribution is -0.138. The summed E-state index contributed by atoms with van der Waals surface area (Å²) in [7, 11) is 0. The zero-order valence-corrected chi connectivity index (χ0v) is 20.1. The van der Waals surface area contributed by atoms with Gasteiger partial charge < -0.3 is 14.6 Å². The zero-order valence-electron chi connectivity index (χ0n) is 18.5. The van der Waals surface area contributed by atoms with Gasteiger partial charge in [0.1, 0.15) is 28.7 Å². The second-order valence-electron chi connectivity index (χ2n) is 6.97. The zero-order chi connectivity index (χ0) is 24.7. The fourth-order valence-corrected chi connectivity index (χ4v) is 4.25. The number of halogens is 1. The molecular formula is C25H21ClN2O5S. The summed E-state index contributed by atoms with van der Waals surface area (Å²) in [5, 5.41) is 20.3. The van der Waals surface area contributed by atoms with Crippen LogP contribution in [0.25, 0.3) is 6.08 Å². The van der Waals surface area contributed by atoms with Gasteiger partial charge in [0.15, 0.2) is 0 Å². The fourth-order valence-electron chi connectivity index (χ4n) is 2.97. The SMILES string of the molecule is CCOC(=O)C1=C(O)/C(=C/c2ccc(OCc3ccccc3C#N)c(Cl)c2)SC1=NC(=O)CC. The van der Waals surface area contributed by atoms with Crippen molar-refractivity contribution in [2.45, 2.75) is 26.9 Å². The molecule has 0 radical (unpaired) electrons. The average molecular weight is 497 g/mol. The number of aliphatic hydroxyl groups is 1. The Balaban J connectivity index is 1.85. The van der Waals surface area contributed by atoms with Crippen molar-refractivity contribution in [3.05, 3.63) is 80.4 Å². The lowest BCUT2D eigenvalue weighted by atomic mass is 10.1. The summed E-state index contributed by atoms with van der Waals surface area (Å²) >= 11 is 7.39. The predicted octanol–water partition coefficient (Wildman–Crippen LogP) is 5.59. The third-order valence-corrected chi connectivity index (χ3v) is 5.99. The van der Waals surface area contributed by atoms with E-state index in [9.17, 15) is 20.0 Å². The third-order valence-electron chi connectivity index (χ3n) is 4.67. The van der Waals surface area contributed by atoms with E-state index < -0.39 is 11.9 Å². The fraction of sp³-hybridized carbons (Fsp3) is 0.200. The number of ether oxygens (including phenoxy) is 2. The van der Waals surface area contributed by atoms with Crippen LogP contribution < -0.4 is 4.74 Å². The number of nitriles is 1. The third kappa shape index (κ3) is 5.87. The molecular weight excluding hydrogens is 476 g/mol. The molecule has 0 fully saturated rings. The lowest BCUT2D eigenvalue weighted by Crippen LogP contribution is -2.14. The van der Waals surface area contributed by atoms with Crippen LogP contribution in [0.2, 0.25) is 5.02 Å². The van der Waals surface area contributed by atoms with E-state index in [0.717, 1.165) is 17.3 Å². The summed E-state index contributed by atoms with van der Waals surface area (Å²) < 4.78 is 10.8. The van der Waals surface area contributed by atoms with Gasteiger partial charge in [-0.15, -0.1) is 0 Å². The van der Waals surface area contributed by atoms with Crippen molar-refractivity contribution < 1.29 is 24.2 Å². The number of esters is 1. The lowest BCUT2D eigenvalue weighted by Gasteiger charge is -2.10. The molecule has 1 aliphatic heterocycles. The van der Waals surface area contributed by atoms with Gasteiger partial charge in [-0.25, -0.2) is 9.79 Å². The van der Waals surface area contributed by atoms with E-state index >= 15 is 0 Å². The molecule has 2 aromatic rings. The molecule has 1 aliphatic rings. The van der Waals surface area contributed by atoms with Crippen molar-refractivity contribution in [2.75, 3.05) is 6.61 Å². The Morgan fingerprint density at radius 2 is 2.00 bits per heavy atom. The molecule has 0 bridgehead atoms. The van der Waals surface area contributed by atoms with Crippen molar-refractivity contribution in [1.82, 2.24) is 0 Å². The molecule has 0 spiro atoms. The molecule has 7 nitrogen and oxygen atoms in total. The molecule has 1 amide bonds. The summed E-state index contributed by atoms with van der Waals surface area (Å²) in [4.78, 5) is 28.4. The van der Waals surface area contributed by atoms with Crippen LogP contribution in [0, 0.1) is 11.3 Å². The first-order chi connectivity index (χ1) is 16.4. The number of aliphatic hydroxyl groups excluding tert-OH is 1. The molecule has 34 heavy (non-hydrogen) atoms. The van der Waals surface area contributed by atoms with Gasteiger partial charge in [-0.1, -0.05) is 54.6 Å². The molecule has 0 aromatic heterocycles. The molecule has 1 heterocycles. The minimum atomic E-state index is -0.752. The number of thioether (sulfide) groups is 1. The van der Waals surface area contributed by atoms with Gasteiger partial charge >= 0.3 is 5.97 Å². The van der Waals surface area contributed by atoms with Gasteiger partial charge in [0, 0.05) is 12.0 Å². The van der Waals surface area contributed by atoms with Gasteiger partial charge in [0.25, 0.3) is 0 Å². The van der Waals surface area contributed by atoms with Gasteiger partial charge in [-0.05, 0) is 36.8 Å². The second-order valence-corrected chi connectivity index (χ2v) is 8.40. The molecule has 174 valence electrons. The quantitative estimate of drug-likeness (QED) is 0.497. The van der Waals surface area contributed by atoms with E-state index in [1.807, 2.05) is 6.07 Å². The summed E-state index contributed by atoms with van der Waals surface area (Å²) in [6.45, 7) is 3.59. The first-order valence-electron chi connectivity index (χ1n) is 10.4. The topological polar surface area (TPSA) is 109 Å². The highest BCUT2D eigenvalue weighted by atomic mass is 35.5. The Bertz CT molecular complexity index is 1260. The molecule has 2 aromatic carbocycles. The van der Waals surface area contributed by atoms with Crippen molar-refractivity contribution in [2.24, 2.45) is 4.99 Å². The maximum Gasteiger partial charge on any atom is 0.344 e. The van der Waals surface area contributed by atoms with E-state index in [0.29, 0.717) is 26.8 Å². The molecule has 0 atom stereocenters. The second kappa shape index (κ2) is 11.5. The van der Waals surface area contributed by atoms with Crippen LogP contribution >= 0.6 is 23.4 Å². The highest BCUT2D eigenvalue weighted by Gasteiger charge is 2.33. The van der Waals surface area contributed by atoms with Crippen LogP contribution in [0.3, 0.4) is 0 Å². The molecule has 1 N–H and O–H groups in total. The molecule has 9 heteroatoms. The van der Waals surface area contributed by atoms with Crippen LogP contribution in [0.1, 0.15) is 37.0 Å².